The Kier molecular flexibility index (Phi) is 5.90. The van der Waals surface area contributed by atoms with Gasteiger partial charge in [-0.15, -0.1) is 0 Å². The van der Waals surface area contributed by atoms with Crippen molar-refractivity contribution >= 4 is 6.09 Å². The minimum Gasteiger partial charge on any atom is -0.444 e. The first-order valence-corrected chi connectivity index (χ1v) is 6.37. The maximum Gasteiger partial charge on any atom is 0.408 e. The lowest BCUT2D eigenvalue weighted by Crippen LogP contribution is -2.36. The maximum atomic E-state index is 12.4. The molecule has 1 aromatic rings. The van der Waals surface area contributed by atoms with Gasteiger partial charge in [0.1, 0.15) is 11.4 Å². The number of aliphatic hydroxyl groups excluding tert-OH is 1. The lowest BCUT2D eigenvalue weighted by molar-refractivity contribution is -0.0508. The smallest absolute Gasteiger partial charge is 0.408 e. The number of aliphatic hydroxyl groups is 1. The second-order valence-electron chi connectivity index (χ2n) is 5.30. The van der Waals surface area contributed by atoms with E-state index in [1.165, 1.54) is 18.2 Å². The van der Waals surface area contributed by atoms with E-state index in [-0.39, 0.29) is 11.3 Å². The molecule has 1 aromatic carbocycles. The molecule has 1 rings (SSSR count). The molecule has 5 nitrogen and oxygen atoms in total. The van der Waals surface area contributed by atoms with Crippen molar-refractivity contribution in [2.75, 3.05) is 6.61 Å². The fourth-order valence-electron chi connectivity index (χ4n) is 1.64. The summed E-state index contributed by atoms with van der Waals surface area (Å²) in [6, 6.07) is 5.02. The van der Waals surface area contributed by atoms with Crippen molar-refractivity contribution in [3.63, 3.8) is 0 Å². The van der Waals surface area contributed by atoms with E-state index < -0.39 is 31.0 Å². The quantitative estimate of drug-likeness (QED) is 0.877. The lowest BCUT2D eigenvalue weighted by atomic mass is 10.1. The molecule has 1 unspecified atom stereocenters. The van der Waals surface area contributed by atoms with Gasteiger partial charge in [-0.25, -0.2) is 4.79 Å². The van der Waals surface area contributed by atoms with Gasteiger partial charge < -0.3 is 19.9 Å². The van der Waals surface area contributed by atoms with Crippen molar-refractivity contribution in [2.45, 2.75) is 39.0 Å². The van der Waals surface area contributed by atoms with Crippen molar-refractivity contribution in [3.8, 4) is 5.75 Å². The summed E-state index contributed by atoms with van der Waals surface area (Å²) in [6.45, 7) is 1.59. The molecule has 0 heterocycles. The van der Waals surface area contributed by atoms with Crippen LogP contribution in [0.5, 0.6) is 5.75 Å². The Morgan fingerprint density at radius 1 is 1.33 bits per heavy atom. The number of ether oxygens (including phenoxy) is 2. The van der Waals surface area contributed by atoms with Gasteiger partial charge in [0.2, 0.25) is 0 Å². The Morgan fingerprint density at radius 2 is 1.95 bits per heavy atom. The van der Waals surface area contributed by atoms with Crippen LogP contribution >= 0.6 is 0 Å². The average molecular weight is 303 g/mol. The summed E-state index contributed by atoms with van der Waals surface area (Å²) in [5.41, 5.74) is -0.463. The SMILES string of the molecule is CC(C)(C)OC(=O)NC(CO)c1ccccc1OC(F)F. The predicted molar refractivity (Wildman–Crippen MR) is 72.3 cm³/mol. The van der Waals surface area contributed by atoms with Crippen LogP contribution in [0.1, 0.15) is 32.4 Å². The standard InChI is InChI=1S/C14H19F2NO4/c1-14(2,3)21-13(19)17-10(8-18)9-6-4-5-7-11(9)20-12(15)16/h4-7,10,12,18H,8H2,1-3H3,(H,17,19). The third-order valence-electron chi connectivity index (χ3n) is 2.38. The van der Waals surface area contributed by atoms with Crippen molar-refractivity contribution in [1.29, 1.82) is 0 Å². The van der Waals surface area contributed by atoms with Crippen LogP contribution in [0.2, 0.25) is 0 Å². The Morgan fingerprint density at radius 3 is 2.48 bits per heavy atom. The number of nitrogens with one attached hydrogen (secondary N) is 1. The molecular formula is C14H19F2NO4. The zero-order valence-electron chi connectivity index (χ0n) is 12.1. The number of hydrogen-bond acceptors (Lipinski definition) is 4. The molecule has 0 bridgehead atoms. The number of carbonyl (C=O) groups excluding carboxylic acids is 1. The predicted octanol–water partition coefficient (Wildman–Crippen LogP) is 2.85. The van der Waals surface area contributed by atoms with Gasteiger partial charge in [0.05, 0.1) is 12.6 Å². The number of halogens is 2. The highest BCUT2D eigenvalue weighted by atomic mass is 19.3. The zero-order chi connectivity index (χ0) is 16.0. The molecule has 1 amide bonds. The summed E-state index contributed by atoms with van der Waals surface area (Å²) in [6.07, 6.45) is -0.756. The van der Waals surface area contributed by atoms with Crippen molar-refractivity contribution in [2.24, 2.45) is 0 Å². The molecule has 0 aliphatic rings. The summed E-state index contributed by atoms with van der Waals surface area (Å²) < 4.78 is 34.1. The van der Waals surface area contributed by atoms with E-state index in [0.717, 1.165) is 0 Å². The topological polar surface area (TPSA) is 67.8 Å². The van der Waals surface area contributed by atoms with Gasteiger partial charge in [-0.1, -0.05) is 18.2 Å². The Balaban J connectivity index is 2.87. The highest BCUT2D eigenvalue weighted by Gasteiger charge is 2.22. The highest BCUT2D eigenvalue weighted by molar-refractivity contribution is 5.68. The third-order valence-corrected chi connectivity index (χ3v) is 2.38. The molecule has 118 valence electrons. The van der Waals surface area contributed by atoms with E-state index in [9.17, 15) is 18.7 Å². The van der Waals surface area contributed by atoms with E-state index in [1.807, 2.05) is 0 Å². The fraction of sp³-hybridized carbons (Fsp3) is 0.500. The van der Waals surface area contributed by atoms with Gasteiger partial charge in [0.15, 0.2) is 0 Å². The minimum atomic E-state index is -2.99. The van der Waals surface area contributed by atoms with Gasteiger partial charge in [0.25, 0.3) is 0 Å². The minimum absolute atomic E-state index is 0.109. The first-order chi connectivity index (χ1) is 9.73. The van der Waals surface area contributed by atoms with Crippen LogP contribution in [0, 0.1) is 0 Å². The van der Waals surface area contributed by atoms with E-state index in [0.29, 0.717) is 0 Å². The summed E-state index contributed by atoms with van der Waals surface area (Å²) in [4.78, 5) is 11.7. The summed E-state index contributed by atoms with van der Waals surface area (Å²) in [5.74, 6) is -0.109. The molecule has 21 heavy (non-hydrogen) atoms. The number of para-hydroxylation sites is 1. The van der Waals surface area contributed by atoms with Crippen LogP contribution < -0.4 is 10.1 Å². The van der Waals surface area contributed by atoms with Crippen molar-refractivity contribution in [1.82, 2.24) is 5.32 Å². The molecule has 0 radical (unpaired) electrons. The summed E-state index contributed by atoms with van der Waals surface area (Å²) in [5, 5.41) is 11.8. The van der Waals surface area contributed by atoms with E-state index >= 15 is 0 Å². The largest absolute Gasteiger partial charge is 0.444 e. The van der Waals surface area contributed by atoms with Crippen LogP contribution in [-0.4, -0.2) is 30.0 Å². The van der Waals surface area contributed by atoms with Gasteiger partial charge in [-0.2, -0.15) is 8.78 Å². The fourth-order valence-corrected chi connectivity index (χ4v) is 1.64. The van der Waals surface area contributed by atoms with Crippen LogP contribution in [0.4, 0.5) is 13.6 Å². The molecule has 0 aliphatic heterocycles. The Labute approximate surface area is 121 Å². The number of benzene rings is 1. The van der Waals surface area contributed by atoms with Crippen molar-refractivity contribution in [3.05, 3.63) is 29.8 Å². The van der Waals surface area contributed by atoms with E-state index in [2.05, 4.69) is 10.1 Å². The molecule has 7 heteroatoms. The monoisotopic (exact) mass is 303 g/mol. The molecule has 0 spiro atoms. The third kappa shape index (κ3) is 5.95. The first-order valence-electron chi connectivity index (χ1n) is 6.37. The highest BCUT2D eigenvalue weighted by Crippen LogP contribution is 2.26. The van der Waals surface area contributed by atoms with Gasteiger partial charge >= 0.3 is 12.7 Å². The molecule has 0 aliphatic carbocycles. The molecule has 0 aromatic heterocycles. The molecule has 2 N–H and O–H groups in total. The second-order valence-corrected chi connectivity index (χ2v) is 5.30. The second kappa shape index (κ2) is 7.21. The normalized spacial score (nSPS) is 12.9. The molecule has 0 saturated carbocycles. The van der Waals surface area contributed by atoms with Crippen LogP contribution in [-0.2, 0) is 4.74 Å². The number of alkyl carbamates (subject to hydrolysis) is 1. The summed E-state index contributed by atoms with van der Waals surface area (Å²) >= 11 is 0. The number of alkyl halides is 2. The van der Waals surface area contributed by atoms with Crippen LogP contribution in [0.15, 0.2) is 24.3 Å². The van der Waals surface area contributed by atoms with Crippen LogP contribution in [0.3, 0.4) is 0 Å². The van der Waals surface area contributed by atoms with Gasteiger partial charge in [-0.3, -0.25) is 0 Å². The Hall–Kier alpha value is -1.89. The van der Waals surface area contributed by atoms with Gasteiger partial charge in [-0.05, 0) is 26.8 Å². The Bertz CT molecular complexity index is 474. The first kappa shape index (κ1) is 17.2. The average Bonchev–Trinajstić information content (AvgIpc) is 2.34. The summed E-state index contributed by atoms with van der Waals surface area (Å²) in [7, 11) is 0. The number of rotatable bonds is 5. The zero-order valence-corrected chi connectivity index (χ0v) is 12.1. The van der Waals surface area contributed by atoms with E-state index in [1.54, 1.807) is 26.8 Å². The maximum absolute atomic E-state index is 12.4. The van der Waals surface area contributed by atoms with Crippen molar-refractivity contribution < 1.29 is 28.2 Å². The molecule has 0 fully saturated rings. The molecule has 0 saturated heterocycles. The number of carbonyl (C=O) groups is 1. The number of hydrogen-bond donors (Lipinski definition) is 2. The molecule has 1 atom stereocenters. The van der Waals surface area contributed by atoms with Crippen LogP contribution in [0.25, 0.3) is 0 Å². The molecular weight excluding hydrogens is 284 g/mol. The number of amides is 1. The van der Waals surface area contributed by atoms with E-state index in [4.69, 9.17) is 4.74 Å². The van der Waals surface area contributed by atoms with Gasteiger partial charge in [0, 0.05) is 5.56 Å². The lowest BCUT2D eigenvalue weighted by Gasteiger charge is -2.24.